The summed E-state index contributed by atoms with van der Waals surface area (Å²) in [6, 6.07) is 3.04. The zero-order valence-corrected chi connectivity index (χ0v) is 10.5. The summed E-state index contributed by atoms with van der Waals surface area (Å²) in [5, 5.41) is 10.8. The Labute approximate surface area is 109 Å². The minimum absolute atomic E-state index is 0.0527. The average molecular weight is 260 g/mol. The van der Waals surface area contributed by atoms with Gasteiger partial charge in [-0.1, -0.05) is 0 Å². The van der Waals surface area contributed by atoms with E-state index in [9.17, 15) is 10.1 Å². The van der Waals surface area contributed by atoms with Crippen LogP contribution in [0, 0.1) is 24.0 Å². The van der Waals surface area contributed by atoms with Gasteiger partial charge < -0.3 is 10.5 Å². The molecular weight excluding hydrogens is 248 g/mol. The number of aromatic nitrogens is 2. The van der Waals surface area contributed by atoms with E-state index in [0.717, 1.165) is 0 Å². The Morgan fingerprint density at radius 1 is 1.21 bits per heavy atom. The summed E-state index contributed by atoms with van der Waals surface area (Å²) < 4.78 is 5.53. The number of nitro groups is 1. The number of nitrogens with zero attached hydrogens (tertiary/aromatic N) is 3. The highest BCUT2D eigenvalue weighted by atomic mass is 16.6. The molecule has 2 N–H and O–H groups in total. The summed E-state index contributed by atoms with van der Waals surface area (Å²) in [6.07, 6.45) is 2.91. The van der Waals surface area contributed by atoms with Crippen LogP contribution in [0.5, 0.6) is 11.6 Å². The lowest BCUT2D eigenvalue weighted by Crippen LogP contribution is -1.99. The van der Waals surface area contributed by atoms with Gasteiger partial charge in [-0.15, -0.1) is 0 Å². The quantitative estimate of drug-likeness (QED) is 0.671. The highest BCUT2D eigenvalue weighted by Gasteiger charge is 2.15. The average Bonchev–Trinajstić information content (AvgIpc) is 2.35. The molecule has 19 heavy (non-hydrogen) atoms. The Morgan fingerprint density at radius 2 is 1.89 bits per heavy atom. The summed E-state index contributed by atoms with van der Waals surface area (Å²) in [5.41, 5.74) is 6.82. The standard InChI is InChI=1S/C12H12N4O3/c1-7-6-10(8(2)5-9(7)16(17)18)19-12-11(13)14-3-4-15-12/h3-6H,1-2H3,(H2,13,14). The Bertz CT molecular complexity index is 643. The van der Waals surface area contributed by atoms with E-state index in [2.05, 4.69) is 9.97 Å². The normalized spacial score (nSPS) is 10.2. The van der Waals surface area contributed by atoms with Crippen LogP contribution in [0.15, 0.2) is 24.5 Å². The summed E-state index contributed by atoms with van der Waals surface area (Å²) in [5.74, 6) is 0.812. The fraction of sp³-hybridized carbons (Fsp3) is 0.167. The highest BCUT2D eigenvalue weighted by Crippen LogP contribution is 2.31. The van der Waals surface area contributed by atoms with Crippen molar-refractivity contribution in [2.24, 2.45) is 0 Å². The van der Waals surface area contributed by atoms with Crippen LogP contribution in [-0.2, 0) is 0 Å². The molecule has 1 aromatic heterocycles. The second kappa shape index (κ2) is 4.89. The summed E-state index contributed by atoms with van der Waals surface area (Å²) >= 11 is 0. The number of anilines is 1. The number of aryl methyl sites for hydroxylation is 2. The number of ether oxygens (including phenoxy) is 1. The van der Waals surface area contributed by atoms with Crippen molar-refractivity contribution < 1.29 is 9.66 Å². The summed E-state index contributed by atoms with van der Waals surface area (Å²) in [7, 11) is 0. The van der Waals surface area contributed by atoms with Gasteiger partial charge in [0.25, 0.3) is 11.6 Å². The van der Waals surface area contributed by atoms with Crippen molar-refractivity contribution >= 4 is 11.5 Å². The van der Waals surface area contributed by atoms with Crippen LogP contribution < -0.4 is 10.5 Å². The maximum Gasteiger partial charge on any atom is 0.272 e. The van der Waals surface area contributed by atoms with Gasteiger partial charge in [-0.25, -0.2) is 9.97 Å². The molecule has 1 heterocycles. The molecule has 0 bridgehead atoms. The van der Waals surface area contributed by atoms with E-state index in [4.69, 9.17) is 10.5 Å². The van der Waals surface area contributed by atoms with Crippen molar-refractivity contribution in [2.45, 2.75) is 13.8 Å². The molecule has 0 aliphatic carbocycles. The van der Waals surface area contributed by atoms with E-state index in [-0.39, 0.29) is 17.4 Å². The van der Waals surface area contributed by atoms with E-state index < -0.39 is 4.92 Å². The molecule has 0 unspecified atom stereocenters. The molecule has 0 atom stereocenters. The Hall–Kier alpha value is -2.70. The minimum atomic E-state index is -0.428. The lowest BCUT2D eigenvalue weighted by Gasteiger charge is -2.09. The molecule has 0 saturated heterocycles. The Balaban J connectivity index is 2.39. The fourth-order valence-corrected chi connectivity index (χ4v) is 1.60. The van der Waals surface area contributed by atoms with E-state index in [1.807, 2.05) is 0 Å². The van der Waals surface area contributed by atoms with Crippen molar-refractivity contribution in [1.82, 2.24) is 9.97 Å². The topological polar surface area (TPSA) is 104 Å². The third-order valence-electron chi connectivity index (χ3n) is 2.59. The van der Waals surface area contributed by atoms with Crippen molar-refractivity contribution in [2.75, 3.05) is 5.73 Å². The van der Waals surface area contributed by atoms with Crippen LogP contribution in [0.2, 0.25) is 0 Å². The highest BCUT2D eigenvalue weighted by molar-refractivity contribution is 5.51. The first-order valence-corrected chi connectivity index (χ1v) is 5.49. The number of hydrogen-bond donors (Lipinski definition) is 1. The SMILES string of the molecule is Cc1cc([N+](=O)[O-])c(C)cc1Oc1nccnc1N. The zero-order valence-electron chi connectivity index (χ0n) is 10.5. The minimum Gasteiger partial charge on any atom is -0.436 e. The second-order valence-electron chi connectivity index (χ2n) is 4.01. The van der Waals surface area contributed by atoms with Gasteiger partial charge in [0, 0.05) is 24.0 Å². The molecule has 0 fully saturated rings. The van der Waals surface area contributed by atoms with Crippen LogP contribution >= 0.6 is 0 Å². The molecule has 0 radical (unpaired) electrons. The second-order valence-corrected chi connectivity index (χ2v) is 4.01. The van der Waals surface area contributed by atoms with Crippen LogP contribution in [-0.4, -0.2) is 14.9 Å². The molecule has 7 nitrogen and oxygen atoms in total. The summed E-state index contributed by atoms with van der Waals surface area (Å²) in [6.45, 7) is 3.36. The predicted molar refractivity (Wildman–Crippen MR) is 69.1 cm³/mol. The first-order chi connectivity index (χ1) is 8.99. The van der Waals surface area contributed by atoms with Gasteiger partial charge in [0.1, 0.15) is 5.75 Å². The third-order valence-corrected chi connectivity index (χ3v) is 2.59. The number of hydrogen-bond acceptors (Lipinski definition) is 6. The van der Waals surface area contributed by atoms with Crippen LogP contribution in [0.3, 0.4) is 0 Å². The monoisotopic (exact) mass is 260 g/mol. The van der Waals surface area contributed by atoms with Gasteiger partial charge in [0.15, 0.2) is 5.82 Å². The van der Waals surface area contributed by atoms with Gasteiger partial charge in [0.2, 0.25) is 0 Å². The van der Waals surface area contributed by atoms with Gasteiger partial charge in [0.05, 0.1) is 4.92 Å². The lowest BCUT2D eigenvalue weighted by atomic mass is 10.1. The molecule has 98 valence electrons. The Kier molecular flexibility index (Phi) is 3.28. The van der Waals surface area contributed by atoms with Crippen LogP contribution in [0.25, 0.3) is 0 Å². The lowest BCUT2D eigenvalue weighted by molar-refractivity contribution is -0.385. The van der Waals surface area contributed by atoms with Crippen LogP contribution in [0.1, 0.15) is 11.1 Å². The number of nitrogens with two attached hydrogens (primary N) is 1. The van der Waals surface area contributed by atoms with Crippen molar-refractivity contribution in [3.05, 3.63) is 45.8 Å². The molecule has 2 aromatic rings. The van der Waals surface area contributed by atoms with Crippen LogP contribution in [0.4, 0.5) is 11.5 Å². The third kappa shape index (κ3) is 2.59. The van der Waals surface area contributed by atoms with Crippen molar-refractivity contribution in [3.8, 4) is 11.6 Å². The van der Waals surface area contributed by atoms with E-state index >= 15 is 0 Å². The van der Waals surface area contributed by atoms with E-state index in [1.165, 1.54) is 18.5 Å². The largest absolute Gasteiger partial charge is 0.436 e. The fourth-order valence-electron chi connectivity index (χ4n) is 1.60. The van der Waals surface area contributed by atoms with E-state index in [1.54, 1.807) is 19.9 Å². The molecule has 7 heteroatoms. The predicted octanol–water partition coefficient (Wildman–Crippen LogP) is 2.38. The van der Waals surface area contributed by atoms with Crippen molar-refractivity contribution in [3.63, 3.8) is 0 Å². The molecule has 0 aliphatic rings. The first kappa shape index (κ1) is 12.7. The number of nitro benzene ring substituents is 1. The molecule has 2 rings (SSSR count). The molecule has 1 aromatic carbocycles. The van der Waals surface area contributed by atoms with Gasteiger partial charge in [-0.3, -0.25) is 10.1 Å². The number of nitrogen functional groups attached to an aromatic ring is 1. The van der Waals surface area contributed by atoms with Gasteiger partial charge in [-0.05, 0) is 25.5 Å². The smallest absolute Gasteiger partial charge is 0.272 e. The molecule has 0 amide bonds. The molecule has 0 aliphatic heterocycles. The first-order valence-electron chi connectivity index (χ1n) is 5.49. The zero-order chi connectivity index (χ0) is 14.0. The molecule has 0 spiro atoms. The maximum atomic E-state index is 10.8. The van der Waals surface area contributed by atoms with Gasteiger partial charge in [-0.2, -0.15) is 0 Å². The van der Waals surface area contributed by atoms with Crippen molar-refractivity contribution in [1.29, 1.82) is 0 Å². The Morgan fingerprint density at radius 3 is 2.53 bits per heavy atom. The molecule has 0 saturated carbocycles. The number of rotatable bonds is 3. The number of benzene rings is 1. The molecular formula is C12H12N4O3. The van der Waals surface area contributed by atoms with Gasteiger partial charge >= 0.3 is 0 Å². The summed E-state index contributed by atoms with van der Waals surface area (Å²) in [4.78, 5) is 18.2. The maximum absolute atomic E-state index is 10.8. The van der Waals surface area contributed by atoms with E-state index in [0.29, 0.717) is 16.9 Å².